The van der Waals surface area contributed by atoms with E-state index in [4.69, 9.17) is 11.5 Å². The van der Waals surface area contributed by atoms with Crippen LogP contribution in [0.1, 0.15) is 10.8 Å². The summed E-state index contributed by atoms with van der Waals surface area (Å²) in [6.45, 7) is 0. The highest BCUT2D eigenvalue weighted by Crippen LogP contribution is 2.36. The molecule has 2 rings (SSSR count). The van der Waals surface area contributed by atoms with Gasteiger partial charge in [0.1, 0.15) is 5.25 Å². The van der Waals surface area contributed by atoms with E-state index < -0.39 is 11.2 Å². The van der Waals surface area contributed by atoms with Crippen LogP contribution in [0.2, 0.25) is 0 Å². The van der Waals surface area contributed by atoms with Crippen molar-refractivity contribution in [1.82, 2.24) is 10.2 Å². The van der Waals surface area contributed by atoms with Gasteiger partial charge in [-0.15, -0.1) is 10.2 Å². The molecule has 0 saturated heterocycles. The highest BCUT2D eigenvalue weighted by atomic mass is 32.2. The first-order valence-electron chi connectivity index (χ1n) is 4.76. The van der Waals surface area contributed by atoms with Crippen LogP contribution >= 0.6 is 23.1 Å². The van der Waals surface area contributed by atoms with Gasteiger partial charge in [-0.05, 0) is 5.56 Å². The fraction of sp³-hybridized carbons (Fsp3) is 0.100. The summed E-state index contributed by atoms with van der Waals surface area (Å²) in [7, 11) is 0. The molecule has 17 heavy (non-hydrogen) atoms. The van der Waals surface area contributed by atoms with E-state index in [-0.39, 0.29) is 0 Å². The Balaban J connectivity index is 2.22. The summed E-state index contributed by atoms with van der Waals surface area (Å²) in [4.78, 5) is 11.4. The summed E-state index contributed by atoms with van der Waals surface area (Å²) in [5, 5.41) is 7.47. The van der Waals surface area contributed by atoms with E-state index in [0.717, 1.165) is 5.56 Å². The molecule has 5 nitrogen and oxygen atoms in total. The summed E-state index contributed by atoms with van der Waals surface area (Å²) < 4.78 is 0.634. The van der Waals surface area contributed by atoms with E-state index in [1.807, 2.05) is 30.3 Å². The molecular weight excluding hydrogens is 256 g/mol. The standard InChI is InChI=1S/C10H10N4OS2/c11-8(15)7(6-4-2-1-3-5-6)16-10-14-13-9(12)17-10/h1-5,7H,(H2,11,15)(H2,12,13)/t7-/m0/s1. The second-order valence-electron chi connectivity index (χ2n) is 3.22. The summed E-state index contributed by atoms with van der Waals surface area (Å²) in [6.07, 6.45) is 0. The molecule has 7 heteroatoms. The number of carbonyl (C=O) groups is 1. The SMILES string of the molecule is NC(=O)[C@@H](Sc1nnc(N)s1)c1ccccc1. The van der Waals surface area contributed by atoms with Crippen molar-refractivity contribution >= 4 is 34.1 Å². The fourth-order valence-corrected chi connectivity index (χ4v) is 3.07. The molecule has 0 saturated carbocycles. The molecule has 0 aliphatic rings. The van der Waals surface area contributed by atoms with Gasteiger partial charge in [0.2, 0.25) is 11.0 Å². The number of benzene rings is 1. The Morgan fingerprint density at radius 1 is 1.29 bits per heavy atom. The molecular formula is C10H10N4OS2. The topological polar surface area (TPSA) is 94.9 Å². The van der Waals surface area contributed by atoms with Crippen LogP contribution in [0, 0.1) is 0 Å². The summed E-state index contributed by atoms with van der Waals surface area (Å²) >= 11 is 2.50. The number of amides is 1. The molecule has 4 N–H and O–H groups in total. The van der Waals surface area contributed by atoms with Crippen LogP contribution in [0.25, 0.3) is 0 Å². The smallest absolute Gasteiger partial charge is 0.235 e. The van der Waals surface area contributed by atoms with Crippen molar-refractivity contribution in [1.29, 1.82) is 0 Å². The molecule has 0 radical (unpaired) electrons. The number of thioether (sulfide) groups is 1. The summed E-state index contributed by atoms with van der Waals surface area (Å²) in [5.74, 6) is -0.407. The van der Waals surface area contributed by atoms with E-state index in [2.05, 4.69) is 10.2 Å². The molecule has 0 aliphatic heterocycles. The van der Waals surface area contributed by atoms with Crippen LogP contribution < -0.4 is 11.5 Å². The molecule has 88 valence electrons. The van der Waals surface area contributed by atoms with Crippen molar-refractivity contribution in [3.05, 3.63) is 35.9 Å². The van der Waals surface area contributed by atoms with Gasteiger partial charge in [-0.1, -0.05) is 53.4 Å². The minimum absolute atomic E-state index is 0.379. The number of nitrogens with zero attached hydrogens (tertiary/aromatic N) is 2. The minimum atomic E-state index is -0.469. The van der Waals surface area contributed by atoms with Gasteiger partial charge in [0.15, 0.2) is 4.34 Å². The van der Waals surface area contributed by atoms with Crippen LogP contribution in [-0.4, -0.2) is 16.1 Å². The zero-order chi connectivity index (χ0) is 12.3. The first-order chi connectivity index (χ1) is 8.16. The molecule has 2 aromatic rings. The lowest BCUT2D eigenvalue weighted by atomic mass is 10.1. The van der Waals surface area contributed by atoms with Gasteiger partial charge in [-0.3, -0.25) is 4.79 Å². The van der Waals surface area contributed by atoms with Crippen LogP contribution in [0.5, 0.6) is 0 Å². The Morgan fingerprint density at radius 2 is 2.00 bits per heavy atom. The Hall–Kier alpha value is -1.60. The van der Waals surface area contributed by atoms with Gasteiger partial charge in [0, 0.05) is 0 Å². The molecule has 0 spiro atoms. The van der Waals surface area contributed by atoms with Crippen molar-refractivity contribution in [3.8, 4) is 0 Å². The first-order valence-corrected chi connectivity index (χ1v) is 6.46. The number of hydrogen-bond donors (Lipinski definition) is 2. The number of nitrogen functional groups attached to an aromatic ring is 1. The molecule has 1 atom stereocenters. The predicted octanol–water partition coefficient (Wildman–Crippen LogP) is 1.44. The van der Waals surface area contributed by atoms with Crippen molar-refractivity contribution in [3.63, 3.8) is 0 Å². The fourth-order valence-electron chi connectivity index (χ4n) is 1.29. The maximum absolute atomic E-state index is 11.4. The molecule has 1 amide bonds. The van der Waals surface area contributed by atoms with E-state index in [0.29, 0.717) is 9.47 Å². The maximum Gasteiger partial charge on any atom is 0.235 e. The van der Waals surface area contributed by atoms with Crippen molar-refractivity contribution in [2.45, 2.75) is 9.59 Å². The van der Waals surface area contributed by atoms with Crippen LogP contribution in [-0.2, 0) is 4.79 Å². The number of aromatic nitrogens is 2. The van der Waals surface area contributed by atoms with E-state index in [1.165, 1.54) is 23.1 Å². The number of hydrogen-bond acceptors (Lipinski definition) is 6. The number of rotatable bonds is 4. The van der Waals surface area contributed by atoms with E-state index in [9.17, 15) is 4.79 Å². The normalized spacial score (nSPS) is 12.2. The monoisotopic (exact) mass is 266 g/mol. The van der Waals surface area contributed by atoms with Crippen LogP contribution in [0.4, 0.5) is 5.13 Å². The third kappa shape index (κ3) is 2.95. The number of primary amides is 1. The van der Waals surface area contributed by atoms with E-state index >= 15 is 0 Å². The largest absolute Gasteiger partial charge is 0.374 e. The molecule has 0 fully saturated rings. The average molecular weight is 266 g/mol. The Bertz CT molecular complexity index is 514. The Kier molecular flexibility index (Phi) is 3.60. The highest BCUT2D eigenvalue weighted by Gasteiger charge is 2.20. The van der Waals surface area contributed by atoms with Gasteiger partial charge in [-0.2, -0.15) is 0 Å². The van der Waals surface area contributed by atoms with Gasteiger partial charge >= 0.3 is 0 Å². The maximum atomic E-state index is 11.4. The van der Waals surface area contributed by atoms with Gasteiger partial charge in [0.25, 0.3) is 0 Å². The summed E-state index contributed by atoms with van der Waals surface area (Å²) in [5.41, 5.74) is 11.7. The Labute approximate surface area is 106 Å². The zero-order valence-electron chi connectivity index (χ0n) is 8.74. The predicted molar refractivity (Wildman–Crippen MR) is 68.6 cm³/mol. The molecule has 1 aromatic heterocycles. The summed E-state index contributed by atoms with van der Waals surface area (Å²) in [6, 6.07) is 9.31. The van der Waals surface area contributed by atoms with Crippen molar-refractivity contribution < 1.29 is 4.79 Å². The number of nitrogens with two attached hydrogens (primary N) is 2. The van der Waals surface area contributed by atoms with E-state index in [1.54, 1.807) is 0 Å². The minimum Gasteiger partial charge on any atom is -0.374 e. The molecule has 1 aromatic carbocycles. The van der Waals surface area contributed by atoms with Crippen LogP contribution in [0.3, 0.4) is 0 Å². The third-order valence-corrected chi connectivity index (χ3v) is 4.11. The second-order valence-corrected chi connectivity index (χ2v) is 5.58. The second kappa shape index (κ2) is 5.15. The van der Waals surface area contributed by atoms with Gasteiger partial charge < -0.3 is 11.5 Å². The average Bonchev–Trinajstić information content (AvgIpc) is 2.73. The lowest BCUT2D eigenvalue weighted by Crippen LogP contribution is -2.18. The highest BCUT2D eigenvalue weighted by molar-refractivity contribution is 8.01. The molecule has 0 unspecified atom stereocenters. The van der Waals surface area contributed by atoms with Crippen LogP contribution in [0.15, 0.2) is 34.7 Å². The number of carbonyl (C=O) groups excluding carboxylic acids is 1. The molecule has 0 aliphatic carbocycles. The number of anilines is 1. The quantitative estimate of drug-likeness (QED) is 0.816. The Morgan fingerprint density at radius 3 is 2.53 bits per heavy atom. The lowest BCUT2D eigenvalue weighted by molar-refractivity contribution is -0.117. The van der Waals surface area contributed by atoms with Gasteiger partial charge in [-0.25, -0.2) is 0 Å². The molecule has 1 heterocycles. The zero-order valence-corrected chi connectivity index (χ0v) is 10.4. The first kappa shape index (κ1) is 11.9. The van der Waals surface area contributed by atoms with Gasteiger partial charge in [0.05, 0.1) is 0 Å². The molecule has 0 bridgehead atoms. The third-order valence-electron chi connectivity index (χ3n) is 2.00. The van der Waals surface area contributed by atoms with Crippen molar-refractivity contribution in [2.75, 3.05) is 5.73 Å². The van der Waals surface area contributed by atoms with Crippen molar-refractivity contribution in [2.24, 2.45) is 5.73 Å². The lowest BCUT2D eigenvalue weighted by Gasteiger charge is -2.10.